The van der Waals surface area contributed by atoms with Gasteiger partial charge in [0.25, 0.3) is 0 Å². The fourth-order valence-electron chi connectivity index (χ4n) is 4.16. The molecule has 160 valence electrons. The summed E-state index contributed by atoms with van der Waals surface area (Å²) in [6.07, 6.45) is 1.54. The lowest BCUT2D eigenvalue weighted by molar-refractivity contribution is -0.137. The average Bonchev–Trinajstić information content (AvgIpc) is 3.27. The van der Waals surface area contributed by atoms with Crippen LogP contribution < -0.4 is 5.32 Å². The summed E-state index contributed by atoms with van der Waals surface area (Å²) >= 11 is 1.83. The number of amides is 2. The number of carbonyl (C=O) groups is 2. The molecule has 2 aliphatic heterocycles. The van der Waals surface area contributed by atoms with Crippen molar-refractivity contribution in [3.63, 3.8) is 0 Å². The molecule has 3 heterocycles. The maximum atomic E-state index is 12.5. The number of ether oxygens (including phenoxy) is 1. The van der Waals surface area contributed by atoms with Gasteiger partial charge in [0.05, 0.1) is 19.3 Å². The van der Waals surface area contributed by atoms with Crippen molar-refractivity contribution in [1.82, 2.24) is 15.1 Å². The Labute approximate surface area is 181 Å². The van der Waals surface area contributed by atoms with E-state index >= 15 is 0 Å². The van der Waals surface area contributed by atoms with Gasteiger partial charge in [0.15, 0.2) is 0 Å². The van der Waals surface area contributed by atoms with Gasteiger partial charge in [-0.05, 0) is 29.0 Å². The van der Waals surface area contributed by atoms with Crippen molar-refractivity contribution in [2.75, 3.05) is 39.4 Å². The maximum absolute atomic E-state index is 12.5. The molecule has 7 heteroatoms. The van der Waals surface area contributed by atoms with Crippen LogP contribution in [-0.2, 0) is 27.3 Å². The molecule has 1 aromatic heterocycles. The van der Waals surface area contributed by atoms with Crippen molar-refractivity contribution >= 4 is 23.2 Å². The van der Waals surface area contributed by atoms with Gasteiger partial charge in [-0.25, -0.2) is 0 Å². The molecule has 1 aromatic carbocycles. The molecule has 2 aliphatic rings. The first-order valence-electron chi connectivity index (χ1n) is 10.7. The molecule has 1 saturated heterocycles. The van der Waals surface area contributed by atoms with Crippen LogP contribution >= 0.6 is 11.3 Å². The summed E-state index contributed by atoms with van der Waals surface area (Å²) in [5.41, 5.74) is 2.61. The van der Waals surface area contributed by atoms with E-state index in [4.69, 9.17) is 4.74 Å². The maximum Gasteiger partial charge on any atom is 0.223 e. The smallest absolute Gasteiger partial charge is 0.223 e. The Hall–Kier alpha value is -2.22. The van der Waals surface area contributed by atoms with Crippen molar-refractivity contribution in [2.45, 2.75) is 31.8 Å². The molecule has 2 amide bonds. The molecule has 0 saturated carbocycles. The van der Waals surface area contributed by atoms with E-state index in [9.17, 15) is 9.59 Å². The molecule has 1 atom stereocenters. The number of thiophene rings is 1. The zero-order valence-corrected chi connectivity index (χ0v) is 18.0. The third kappa shape index (κ3) is 5.28. The number of benzene rings is 1. The van der Waals surface area contributed by atoms with E-state index in [0.29, 0.717) is 32.8 Å². The average molecular weight is 428 g/mol. The van der Waals surface area contributed by atoms with Gasteiger partial charge in [-0.15, -0.1) is 11.3 Å². The lowest BCUT2D eigenvalue weighted by Gasteiger charge is -2.35. The Morgan fingerprint density at radius 3 is 2.67 bits per heavy atom. The predicted molar refractivity (Wildman–Crippen MR) is 117 cm³/mol. The third-order valence-electron chi connectivity index (χ3n) is 5.88. The largest absolute Gasteiger partial charge is 0.378 e. The molecule has 4 rings (SSSR count). The Balaban J connectivity index is 1.33. The van der Waals surface area contributed by atoms with E-state index in [1.54, 1.807) is 4.90 Å². The highest BCUT2D eigenvalue weighted by Crippen LogP contribution is 2.30. The van der Waals surface area contributed by atoms with Crippen molar-refractivity contribution in [3.8, 4) is 0 Å². The fourth-order valence-corrected chi connectivity index (χ4v) is 5.05. The first kappa shape index (κ1) is 21.0. The fraction of sp³-hybridized carbons (Fsp3) is 0.478. The van der Waals surface area contributed by atoms with Gasteiger partial charge in [-0.1, -0.05) is 30.3 Å². The quantitative estimate of drug-likeness (QED) is 0.738. The van der Waals surface area contributed by atoms with Crippen LogP contribution in [0.5, 0.6) is 0 Å². The van der Waals surface area contributed by atoms with Crippen LogP contribution in [0.2, 0.25) is 0 Å². The van der Waals surface area contributed by atoms with Gasteiger partial charge in [-0.3, -0.25) is 14.5 Å². The topological polar surface area (TPSA) is 61.9 Å². The van der Waals surface area contributed by atoms with Gasteiger partial charge >= 0.3 is 0 Å². The minimum absolute atomic E-state index is 0.0362. The molecule has 0 aliphatic carbocycles. The molecule has 0 radical (unpaired) electrons. The first-order chi connectivity index (χ1) is 14.7. The van der Waals surface area contributed by atoms with Crippen molar-refractivity contribution in [2.24, 2.45) is 0 Å². The number of nitrogens with zero attached hydrogens (tertiary/aromatic N) is 2. The normalized spacial score (nSPS) is 17.9. The molecule has 0 spiro atoms. The van der Waals surface area contributed by atoms with Gasteiger partial charge in [0, 0.05) is 50.4 Å². The van der Waals surface area contributed by atoms with Gasteiger partial charge in [-0.2, -0.15) is 0 Å². The van der Waals surface area contributed by atoms with Gasteiger partial charge < -0.3 is 15.0 Å². The minimum Gasteiger partial charge on any atom is -0.378 e. The molecule has 0 bridgehead atoms. The molecular weight excluding hydrogens is 398 g/mol. The monoisotopic (exact) mass is 427 g/mol. The van der Waals surface area contributed by atoms with E-state index in [2.05, 4.69) is 33.8 Å². The van der Waals surface area contributed by atoms with Gasteiger partial charge in [0.2, 0.25) is 11.8 Å². The van der Waals surface area contributed by atoms with Crippen LogP contribution in [0, 0.1) is 0 Å². The molecule has 6 nitrogen and oxygen atoms in total. The second kappa shape index (κ2) is 10.2. The summed E-state index contributed by atoms with van der Waals surface area (Å²) in [7, 11) is 0. The van der Waals surface area contributed by atoms with Crippen LogP contribution in [0.1, 0.15) is 34.9 Å². The highest BCUT2D eigenvalue weighted by molar-refractivity contribution is 7.10. The van der Waals surface area contributed by atoms with Crippen molar-refractivity contribution < 1.29 is 14.3 Å². The lowest BCUT2D eigenvalue weighted by atomic mass is 10.0. The Morgan fingerprint density at radius 2 is 1.87 bits per heavy atom. The summed E-state index contributed by atoms with van der Waals surface area (Å²) in [5, 5.41) is 5.25. The third-order valence-corrected chi connectivity index (χ3v) is 6.91. The number of carbonyl (C=O) groups excluding carboxylic acids is 2. The summed E-state index contributed by atoms with van der Waals surface area (Å²) in [5.74, 6) is -0.0279. The SMILES string of the molecule is O=C(CCC(=O)N1CCOCC1)NC[C@@H](c1ccccc1)N1CCc2sccc2C1. The Bertz CT molecular complexity index is 848. The number of fused-ring (bicyclic) bond motifs is 1. The zero-order valence-electron chi connectivity index (χ0n) is 17.2. The number of hydrogen-bond donors (Lipinski definition) is 1. The number of hydrogen-bond acceptors (Lipinski definition) is 5. The zero-order chi connectivity index (χ0) is 20.8. The Morgan fingerprint density at radius 1 is 1.07 bits per heavy atom. The van der Waals surface area contributed by atoms with Crippen LogP contribution in [0.15, 0.2) is 41.8 Å². The highest BCUT2D eigenvalue weighted by Gasteiger charge is 2.26. The highest BCUT2D eigenvalue weighted by atomic mass is 32.1. The van der Waals surface area contributed by atoms with E-state index in [1.807, 2.05) is 29.5 Å². The number of nitrogens with one attached hydrogen (secondary N) is 1. The van der Waals surface area contributed by atoms with E-state index < -0.39 is 0 Å². The molecule has 1 fully saturated rings. The lowest BCUT2D eigenvalue weighted by Crippen LogP contribution is -2.42. The summed E-state index contributed by atoms with van der Waals surface area (Å²) in [6, 6.07) is 12.7. The summed E-state index contributed by atoms with van der Waals surface area (Å²) in [6.45, 7) is 4.85. The van der Waals surface area contributed by atoms with Crippen LogP contribution in [0.4, 0.5) is 0 Å². The minimum atomic E-state index is -0.0641. The van der Waals surface area contributed by atoms with Gasteiger partial charge in [0.1, 0.15) is 0 Å². The summed E-state index contributed by atoms with van der Waals surface area (Å²) < 4.78 is 5.28. The standard InChI is InChI=1S/C23H29N3O3S/c27-22(6-7-23(28)25-11-13-29-14-12-25)24-16-20(18-4-2-1-3-5-18)26-10-8-21-19(17-26)9-15-30-21/h1-5,9,15,20H,6-8,10-14,16-17H2,(H,24,27)/t20-/m0/s1. The van der Waals surface area contributed by atoms with Crippen LogP contribution in [0.25, 0.3) is 0 Å². The number of rotatable bonds is 7. The second-order valence-electron chi connectivity index (χ2n) is 7.81. The molecular formula is C23H29N3O3S. The van der Waals surface area contributed by atoms with Crippen molar-refractivity contribution in [1.29, 1.82) is 0 Å². The van der Waals surface area contributed by atoms with Crippen LogP contribution in [0.3, 0.4) is 0 Å². The molecule has 0 unspecified atom stereocenters. The molecule has 30 heavy (non-hydrogen) atoms. The Kier molecular flexibility index (Phi) is 7.15. The van der Waals surface area contributed by atoms with Crippen LogP contribution in [-0.4, -0.2) is 61.0 Å². The summed E-state index contributed by atoms with van der Waals surface area (Å²) in [4.78, 5) is 30.5. The van der Waals surface area contributed by atoms with E-state index in [1.165, 1.54) is 16.0 Å². The van der Waals surface area contributed by atoms with E-state index in [0.717, 1.165) is 19.5 Å². The molecule has 1 N–H and O–H groups in total. The van der Waals surface area contributed by atoms with Crippen molar-refractivity contribution in [3.05, 3.63) is 57.8 Å². The molecule has 2 aromatic rings. The second-order valence-corrected chi connectivity index (χ2v) is 8.81. The first-order valence-corrected chi connectivity index (χ1v) is 11.5. The number of morpholine rings is 1. The van der Waals surface area contributed by atoms with E-state index in [-0.39, 0.29) is 30.7 Å². The predicted octanol–water partition coefficient (Wildman–Crippen LogP) is 2.60.